The molecule has 7 heteroatoms. The van der Waals surface area contributed by atoms with Crippen molar-refractivity contribution in [3.63, 3.8) is 0 Å². The molecule has 2 aromatic carbocycles. The summed E-state index contributed by atoms with van der Waals surface area (Å²) < 4.78 is 2.01. The van der Waals surface area contributed by atoms with Gasteiger partial charge in [0.25, 0.3) is 0 Å². The summed E-state index contributed by atoms with van der Waals surface area (Å²) in [6, 6.07) is 18.1. The molecule has 1 aliphatic carbocycles. The minimum Gasteiger partial charge on any atom is -0.350 e. The Hall–Kier alpha value is -3.06. The van der Waals surface area contributed by atoms with Gasteiger partial charge in [0.15, 0.2) is 0 Å². The third kappa shape index (κ3) is 4.17. The molecule has 3 aromatic rings. The number of carbonyl (C=O) groups excluding carboxylic acids is 2. The summed E-state index contributed by atoms with van der Waals surface area (Å²) in [7, 11) is 0. The third-order valence-corrected chi connectivity index (χ3v) is 7.11. The first-order valence-corrected chi connectivity index (χ1v) is 12.1. The Bertz CT molecular complexity index is 1140. The normalized spacial score (nSPS) is 14.7. The molecule has 0 bridgehead atoms. The molecule has 32 heavy (non-hydrogen) atoms. The van der Waals surface area contributed by atoms with Crippen LogP contribution in [0.1, 0.15) is 36.2 Å². The highest BCUT2D eigenvalue weighted by atomic mass is 32.2. The van der Waals surface area contributed by atoms with Crippen LogP contribution in [0.2, 0.25) is 0 Å². The smallest absolute Gasteiger partial charge is 0.227 e. The molecule has 6 nitrogen and oxygen atoms in total. The summed E-state index contributed by atoms with van der Waals surface area (Å²) in [6.07, 6.45) is 3.52. The van der Waals surface area contributed by atoms with Crippen LogP contribution >= 0.6 is 11.8 Å². The molecule has 0 saturated heterocycles. The van der Waals surface area contributed by atoms with Gasteiger partial charge in [-0.25, -0.2) is 4.68 Å². The summed E-state index contributed by atoms with van der Waals surface area (Å²) in [5.41, 5.74) is 5.44. The van der Waals surface area contributed by atoms with Gasteiger partial charge >= 0.3 is 0 Å². The Labute approximate surface area is 192 Å². The zero-order chi connectivity index (χ0) is 21.9. The molecular weight excluding hydrogens is 420 g/mol. The molecule has 2 amide bonds. The topological polar surface area (TPSA) is 67.2 Å². The molecule has 0 radical (unpaired) electrons. The molecule has 0 saturated carbocycles. The van der Waals surface area contributed by atoms with Crippen molar-refractivity contribution in [2.24, 2.45) is 0 Å². The van der Waals surface area contributed by atoms with E-state index in [9.17, 15) is 9.59 Å². The first-order chi connectivity index (χ1) is 15.7. The van der Waals surface area contributed by atoms with Crippen LogP contribution in [0.25, 0.3) is 5.69 Å². The Balaban J connectivity index is 1.19. The lowest BCUT2D eigenvalue weighted by Gasteiger charge is -2.29. The van der Waals surface area contributed by atoms with Crippen molar-refractivity contribution in [1.82, 2.24) is 15.1 Å². The van der Waals surface area contributed by atoms with Crippen molar-refractivity contribution >= 4 is 29.3 Å². The highest BCUT2D eigenvalue weighted by Gasteiger charge is 2.25. The second-order valence-electron chi connectivity index (χ2n) is 8.11. The fraction of sp³-hybridized carbons (Fsp3) is 0.320. The van der Waals surface area contributed by atoms with Crippen LogP contribution in [0, 0.1) is 0 Å². The summed E-state index contributed by atoms with van der Waals surface area (Å²) in [5, 5.41) is 7.77. The summed E-state index contributed by atoms with van der Waals surface area (Å²) >= 11 is 1.77. The molecule has 164 valence electrons. The predicted octanol–water partition coefficient (Wildman–Crippen LogP) is 3.90. The van der Waals surface area contributed by atoms with E-state index in [1.54, 1.807) is 11.8 Å². The van der Waals surface area contributed by atoms with Crippen molar-refractivity contribution in [2.75, 3.05) is 17.2 Å². The average molecular weight is 447 g/mol. The number of hydrogen-bond donors (Lipinski definition) is 1. The number of anilines is 1. The predicted molar refractivity (Wildman–Crippen MR) is 126 cm³/mol. The van der Waals surface area contributed by atoms with E-state index in [2.05, 4.69) is 17.4 Å². The maximum absolute atomic E-state index is 12.8. The van der Waals surface area contributed by atoms with Crippen LogP contribution in [0.5, 0.6) is 0 Å². The molecular formula is C25H26N4O2S. The van der Waals surface area contributed by atoms with Gasteiger partial charge in [0.05, 0.1) is 23.6 Å². The molecule has 0 fully saturated rings. The number of nitrogens with one attached hydrogen (secondary N) is 1. The van der Waals surface area contributed by atoms with Gasteiger partial charge in [-0.05, 0) is 49.1 Å². The fourth-order valence-corrected chi connectivity index (χ4v) is 5.49. The van der Waals surface area contributed by atoms with Crippen LogP contribution in [0.15, 0.2) is 59.5 Å². The van der Waals surface area contributed by atoms with E-state index >= 15 is 0 Å². The highest BCUT2D eigenvalue weighted by Crippen LogP contribution is 2.34. The standard InChI is InChI=1S/C25H26N4O2S/c30-24(13-14-25(31)28-15-16-32-23-12-5-4-10-22(23)28)26-17-20-19-9-6-11-21(19)29(27-20)18-7-2-1-3-8-18/h1-5,7-8,10,12H,6,9,11,13-17H2,(H,26,30). The molecule has 1 aliphatic heterocycles. The largest absolute Gasteiger partial charge is 0.350 e. The van der Waals surface area contributed by atoms with Gasteiger partial charge in [-0.15, -0.1) is 11.8 Å². The van der Waals surface area contributed by atoms with E-state index in [1.807, 2.05) is 52.0 Å². The van der Waals surface area contributed by atoms with Gasteiger partial charge in [0.2, 0.25) is 11.8 Å². The molecule has 0 unspecified atom stereocenters. The minimum atomic E-state index is -0.112. The Morgan fingerprint density at radius 1 is 1.00 bits per heavy atom. The number of fused-ring (bicyclic) bond motifs is 2. The quantitative estimate of drug-likeness (QED) is 0.624. The van der Waals surface area contributed by atoms with E-state index in [1.165, 1.54) is 11.3 Å². The Morgan fingerprint density at radius 2 is 1.81 bits per heavy atom. The summed E-state index contributed by atoms with van der Waals surface area (Å²) in [6.45, 7) is 1.09. The number of carbonyl (C=O) groups is 2. The number of rotatable bonds is 6. The molecule has 1 aromatic heterocycles. The molecule has 0 atom stereocenters. The van der Waals surface area contributed by atoms with Crippen molar-refractivity contribution in [1.29, 1.82) is 0 Å². The number of benzene rings is 2. The van der Waals surface area contributed by atoms with E-state index in [0.717, 1.165) is 47.0 Å². The fourth-order valence-electron chi connectivity index (χ4n) is 4.49. The van der Waals surface area contributed by atoms with Gasteiger partial charge in [-0.3, -0.25) is 9.59 Å². The third-order valence-electron chi connectivity index (χ3n) is 6.06. The van der Waals surface area contributed by atoms with Crippen molar-refractivity contribution in [3.8, 4) is 5.69 Å². The number of nitrogens with zero attached hydrogens (tertiary/aromatic N) is 3. The zero-order valence-corrected chi connectivity index (χ0v) is 18.7. The molecule has 2 heterocycles. The maximum atomic E-state index is 12.8. The van der Waals surface area contributed by atoms with Crippen LogP contribution in [-0.4, -0.2) is 33.9 Å². The number of amides is 2. The van der Waals surface area contributed by atoms with Gasteiger partial charge < -0.3 is 10.2 Å². The van der Waals surface area contributed by atoms with E-state index < -0.39 is 0 Å². The van der Waals surface area contributed by atoms with Crippen molar-refractivity contribution in [2.45, 2.75) is 43.5 Å². The van der Waals surface area contributed by atoms with Crippen molar-refractivity contribution < 1.29 is 9.59 Å². The van der Waals surface area contributed by atoms with Crippen LogP contribution in [-0.2, 0) is 29.0 Å². The lowest BCUT2D eigenvalue weighted by Crippen LogP contribution is -2.36. The monoisotopic (exact) mass is 446 g/mol. The van der Waals surface area contributed by atoms with Crippen LogP contribution in [0.3, 0.4) is 0 Å². The summed E-state index contributed by atoms with van der Waals surface area (Å²) in [5.74, 6) is 0.769. The van der Waals surface area contributed by atoms with E-state index in [-0.39, 0.29) is 24.7 Å². The lowest BCUT2D eigenvalue weighted by atomic mass is 10.2. The second kappa shape index (κ2) is 9.20. The molecule has 2 aliphatic rings. The van der Waals surface area contributed by atoms with Crippen LogP contribution in [0.4, 0.5) is 5.69 Å². The first-order valence-electron chi connectivity index (χ1n) is 11.1. The number of hydrogen-bond acceptors (Lipinski definition) is 4. The number of aromatic nitrogens is 2. The maximum Gasteiger partial charge on any atom is 0.227 e. The molecule has 5 rings (SSSR count). The highest BCUT2D eigenvalue weighted by molar-refractivity contribution is 7.99. The lowest BCUT2D eigenvalue weighted by molar-refractivity contribution is -0.125. The first kappa shape index (κ1) is 20.8. The Kier molecular flexibility index (Phi) is 5.99. The summed E-state index contributed by atoms with van der Waals surface area (Å²) in [4.78, 5) is 28.2. The van der Waals surface area contributed by atoms with E-state index in [0.29, 0.717) is 13.1 Å². The van der Waals surface area contributed by atoms with Gasteiger partial charge in [0, 0.05) is 35.7 Å². The number of thioether (sulfide) groups is 1. The zero-order valence-electron chi connectivity index (χ0n) is 17.9. The van der Waals surface area contributed by atoms with Crippen molar-refractivity contribution in [3.05, 3.63) is 71.5 Å². The molecule has 0 spiro atoms. The number of para-hydroxylation sites is 2. The van der Waals surface area contributed by atoms with Gasteiger partial charge in [-0.1, -0.05) is 30.3 Å². The minimum absolute atomic E-state index is 0.00199. The Morgan fingerprint density at radius 3 is 2.69 bits per heavy atom. The van der Waals surface area contributed by atoms with E-state index in [4.69, 9.17) is 5.10 Å². The van der Waals surface area contributed by atoms with Gasteiger partial charge in [-0.2, -0.15) is 5.10 Å². The van der Waals surface area contributed by atoms with Crippen LogP contribution < -0.4 is 10.2 Å². The average Bonchev–Trinajstić information content (AvgIpc) is 3.45. The molecule has 1 N–H and O–H groups in total. The van der Waals surface area contributed by atoms with Gasteiger partial charge in [0.1, 0.15) is 0 Å². The SMILES string of the molecule is O=C(CCC(=O)N1CCSc2ccccc21)NCc1nn(-c2ccccc2)c2c1CCC2. The second-order valence-corrected chi connectivity index (χ2v) is 9.25.